The monoisotopic (exact) mass is 417 g/mol. The van der Waals surface area contributed by atoms with Crippen LogP contribution in [0.1, 0.15) is 58.6 Å². The van der Waals surface area contributed by atoms with Crippen molar-refractivity contribution in [1.29, 1.82) is 0 Å². The SMILES string of the molecule is C=CCN1C(=O)c2oc3c(C)cc(C)cc3c(=O)c2C1c1cccc(OCCCC)c1. The van der Waals surface area contributed by atoms with Crippen molar-refractivity contribution in [3.63, 3.8) is 0 Å². The van der Waals surface area contributed by atoms with Gasteiger partial charge in [0.05, 0.1) is 23.6 Å². The third-order valence-corrected chi connectivity index (χ3v) is 5.66. The van der Waals surface area contributed by atoms with E-state index in [1.54, 1.807) is 11.0 Å². The van der Waals surface area contributed by atoms with Gasteiger partial charge in [-0.05, 0) is 55.2 Å². The molecule has 2 heterocycles. The molecule has 1 aromatic heterocycles. The van der Waals surface area contributed by atoms with E-state index < -0.39 is 6.04 Å². The van der Waals surface area contributed by atoms with Crippen LogP contribution in [0.15, 0.2) is 58.3 Å². The lowest BCUT2D eigenvalue weighted by Crippen LogP contribution is -2.29. The van der Waals surface area contributed by atoms with Crippen molar-refractivity contribution in [2.45, 2.75) is 39.7 Å². The molecule has 3 aromatic rings. The molecular formula is C26H27NO4. The number of benzene rings is 2. The van der Waals surface area contributed by atoms with Crippen LogP contribution in [0.3, 0.4) is 0 Å². The fourth-order valence-electron chi connectivity index (χ4n) is 4.26. The van der Waals surface area contributed by atoms with Crippen LogP contribution in [-0.4, -0.2) is 24.0 Å². The molecule has 0 saturated heterocycles. The standard InChI is InChI=1S/C26H27NO4/c1-5-7-12-30-19-10-8-9-18(15-19)22-21-23(28)20-14-16(3)13-17(4)24(20)31-25(21)26(29)27(22)11-6-2/h6,8-10,13-15,22H,2,5,7,11-12H2,1,3-4H3. The summed E-state index contributed by atoms with van der Waals surface area (Å²) in [6, 6.07) is 10.8. The Labute approximate surface area is 181 Å². The predicted molar refractivity (Wildman–Crippen MR) is 122 cm³/mol. The maximum atomic E-state index is 13.6. The molecule has 0 bridgehead atoms. The van der Waals surface area contributed by atoms with Crippen molar-refractivity contribution in [1.82, 2.24) is 4.90 Å². The average molecular weight is 418 g/mol. The number of fused-ring (bicyclic) bond motifs is 2. The van der Waals surface area contributed by atoms with Crippen LogP contribution in [-0.2, 0) is 0 Å². The smallest absolute Gasteiger partial charge is 0.291 e. The van der Waals surface area contributed by atoms with Crippen LogP contribution < -0.4 is 10.2 Å². The molecule has 1 atom stereocenters. The van der Waals surface area contributed by atoms with Crippen LogP contribution in [0.4, 0.5) is 0 Å². The van der Waals surface area contributed by atoms with Gasteiger partial charge in [-0.2, -0.15) is 0 Å². The topological polar surface area (TPSA) is 59.8 Å². The Balaban J connectivity index is 1.90. The molecule has 0 N–H and O–H groups in total. The molecule has 1 aliphatic rings. The van der Waals surface area contributed by atoms with Crippen LogP contribution >= 0.6 is 0 Å². The number of carbonyl (C=O) groups is 1. The minimum absolute atomic E-state index is 0.119. The summed E-state index contributed by atoms with van der Waals surface area (Å²) in [4.78, 5) is 28.5. The molecule has 1 unspecified atom stereocenters. The van der Waals surface area contributed by atoms with E-state index in [9.17, 15) is 9.59 Å². The Bertz CT molecular complexity index is 1220. The third kappa shape index (κ3) is 3.65. The van der Waals surface area contributed by atoms with Crippen molar-refractivity contribution in [3.8, 4) is 5.75 Å². The number of carbonyl (C=O) groups excluding carboxylic acids is 1. The van der Waals surface area contributed by atoms with Crippen LogP contribution in [0, 0.1) is 13.8 Å². The summed E-state index contributed by atoms with van der Waals surface area (Å²) in [6.45, 7) is 10.7. The highest BCUT2D eigenvalue weighted by atomic mass is 16.5. The van der Waals surface area contributed by atoms with E-state index in [1.165, 1.54) is 0 Å². The van der Waals surface area contributed by atoms with Gasteiger partial charge in [-0.1, -0.05) is 37.6 Å². The van der Waals surface area contributed by atoms with Gasteiger partial charge in [0.15, 0.2) is 5.43 Å². The van der Waals surface area contributed by atoms with Crippen molar-refractivity contribution in [2.75, 3.05) is 13.2 Å². The van der Waals surface area contributed by atoms with Gasteiger partial charge in [0.2, 0.25) is 5.76 Å². The van der Waals surface area contributed by atoms with E-state index in [4.69, 9.17) is 9.15 Å². The molecule has 160 valence electrons. The predicted octanol–water partition coefficient (Wildman–Crippen LogP) is 5.32. The summed E-state index contributed by atoms with van der Waals surface area (Å²) in [7, 11) is 0. The van der Waals surface area contributed by atoms with Crippen LogP contribution in [0.25, 0.3) is 11.0 Å². The zero-order chi connectivity index (χ0) is 22.1. The number of nitrogens with zero attached hydrogens (tertiary/aromatic N) is 1. The molecule has 5 heteroatoms. The fraction of sp³-hybridized carbons (Fsp3) is 0.308. The minimum atomic E-state index is -0.545. The average Bonchev–Trinajstić information content (AvgIpc) is 3.02. The molecule has 0 aliphatic carbocycles. The number of rotatable bonds is 7. The van der Waals surface area contributed by atoms with E-state index in [0.29, 0.717) is 29.7 Å². The normalized spacial score (nSPS) is 15.4. The van der Waals surface area contributed by atoms with Crippen molar-refractivity contribution in [3.05, 3.63) is 87.3 Å². The Morgan fingerprint density at radius 1 is 1.19 bits per heavy atom. The summed E-state index contributed by atoms with van der Waals surface area (Å²) >= 11 is 0. The highest BCUT2D eigenvalue weighted by Gasteiger charge is 2.42. The lowest BCUT2D eigenvalue weighted by Gasteiger charge is -2.24. The van der Waals surface area contributed by atoms with E-state index in [1.807, 2.05) is 50.2 Å². The molecule has 2 aromatic carbocycles. The van der Waals surface area contributed by atoms with Gasteiger partial charge in [0.25, 0.3) is 5.91 Å². The van der Waals surface area contributed by atoms with Crippen molar-refractivity contribution in [2.24, 2.45) is 0 Å². The van der Waals surface area contributed by atoms with Gasteiger partial charge in [-0.25, -0.2) is 0 Å². The number of aryl methyl sites for hydroxylation is 2. The summed E-state index contributed by atoms with van der Waals surface area (Å²) in [5, 5.41) is 0.504. The number of amides is 1. The number of ether oxygens (including phenoxy) is 1. The lowest BCUT2D eigenvalue weighted by molar-refractivity contribution is 0.0748. The first-order valence-corrected chi connectivity index (χ1v) is 10.7. The van der Waals surface area contributed by atoms with Gasteiger partial charge in [-0.3, -0.25) is 9.59 Å². The highest BCUT2D eigenvalue weighted by Crippen LogP contribution is 2.39. The lowest BCUT2D eigenvalue weighted by atomic mass is 9.97. The minimum Gasteiger partial charge on any atom is -0.494 e. The molecule has 0 fully saturated rings. The second-order valence-corrected chi connectivity index (χ2v) is 8.06. The molecule has 5 nitrogen and oxygen atoms in total. The second-order valence-electron chi connectivity index (χ2n) is 8.06. The first-order chi connectivity index (χ1) is 15.0. The molecule has 1 amide bonds. The second kappa shape index (κ2) is 8.42. The number of hydrogen-bond acceptors (Lipinski definition) is 4. The molecule has 1 aliphatic heterocycles. The Morgan fingerprint density at radius 2 is 2.00 bits per heavy atom. The zero-order valence-corrected chi connectivity index (χ0v) is 18.2. The Hall–Kier alpha value is -3.34. The maximum Gasteiger partial charge on any atom is 0.291 e. The zero-order valence-electron chi connectivity index (χ0n) is 18.2. The molecule has 0 saturated carbocycles. The summed E-state index contributed by atoms with van der Waals surface area (Å²) in [5.74, 6) is 0.548. The largest absolute Gasteiger partial charge is 0.494 e. The Kier molecular flexibility index (Phi) is 5.68. The van der Waals surface area contributed by atoms with E-state index in [2.05, 4.69) is 13.5 Å². The summed E-state index contributed by atoms with van der Waals surface area (Å²) < 4.78 is 11.9. The molecule has 0 spiro atoms. The van der Waals surface area contributed by atoms with Gasteiger partial charge < -0.3 is 14.1 Å². The van der Waals surface area contributed by atoms with E-state index >= 15 is 0 Å². The van der Waals surface area contributed by atoms with Crippen LogP contribution in [0.5, 0.6) is 5.75 Å². The first kappa shape index (κ1) is 20.9. The molecule has 31 heavy (non-hydrogen) atoms. The number of hydrogen-bond donors (Lipinski definition) is 0. The molecule has 4 rings (SSSR count). The van der Waals surface area contributed by atoms with E-state index in [-0.39, 0.29) is 17.1 Å². The Morgan fingerprint density at radius 3 is 2.74 bits per heavy atom. The number of unbranched alkanes of at least 4 members (excludes halogenated alkanes) is 1. The quantitative estimate of drug-likeness (QED) is 0.386. The van der Waals surface area contributed by atoms with Gasteiger partial charge in [0, 0.05) is 6.54 Å². The third-order valence-electron chi connectivity index (χ3n) is 5.66. The van der Waals surface area contributed by atoms with Crippen LogP contribution in [0.2, 0.25) is 0 Å². The fourth-order valence-corrected chi connectivity index (χ4v) is 4.26. The van der Waals surface area contributed by atoms with E-state index in [0.717, 1.165) is 35.3 Å². The first-order valence-electron chi connectivity index (χ1n) is 10.7. The highest BCUT2D eigenvalue weighted by molar-refractivity contribution is 5.99. The van der Waals surface area contributed by atoms with Gasteiger partial charge in [0.1, 0.15) is 11.3 Å². The van der Waals surface area contributed by atoms with Gasteiger partial charge >= 0.3 is 0 Å². The van der Waals surface area contributed by atoms with Crippen molar-refractivity contribution >= 4 is 16.9 Å². The maximum absolute atomic E-state index is 13.6. The van der Waals surface area contributed by atoms with Gasteiger partial charge in [-0.15, -0.1) is 6.58 Å². The molecular weight excluding hydrogens is 390 g/mol. The summed E-state index contributed by atoms with van der Waals surface area (Å²) in [5.41, 5.74) is 3.33. The van der Waals surface area contributed by atoms with Crippen molar-refractivity contribution < 1.29 is 13.9 Å². The molecule has 0 radical (unpaired) electrons. The summed E-state index contributed by atoms with van der Waals surface area (Å²) in [6.07, 6.45) is 3.67.